The van der Waals surface area contributed by atoms with Gasteiger partial charge in [-0.2, -0.15) is 0 Å². The second kappa shape index (κ2) is 7.48. The minimum absolute atomic E-state index is 0.143. The zero-order valence-electron chi connectivity index (χ0n) is 12.1. The van der Waals surface area contributed by atoms with Crippen molar-refractivity contribution in [2.24, 2.45) is 17.8 Å². The quantitative estimate of drug-likeness (QED) is 0.767. The summed E-state index contributed by atoms with van der Waals surface area (Å²) < 4.78 is 0. The van der Waals surface area contributed by atoms with Crippen molar-refractivity contribution in [1.82, 2.24) is 4.98 Å². The fourth-order valence-electron chi connectivity index (χ4n) is 2.18. The van der Waals surface area contributed by atoms with Crippen LogP contribution in [0.4, 0.5) is 5.13 Å². The molecule has 0 aliphatic heterocycles. The molecule has 0 spiro atoms. The van der Waals surface area contributed by atoms with E-state index in [9.17, 15) is 4.79 Å². The van der Waals surface area contributed by atoms with Crippen LogP contribution in [0.2, 0.25) is 0 Å². The van der Waals surface area contributed by atoms with Crippen LogP contribution in [0.5, 0.6) is 0 Å². The predicted octanol–water partition coefficient (Wildman–Crippen LogP) is 3.50. The molecule has 0 radical (unpaired) electrons. The molecule has 0 bridgehead atoms. The first-order chi connectivity index (χ1) is 8.90. The van der Waals surface area contributed by atoms with Crippen LogP contribution in [-0.4, -0.2) is 22.6 Å². The van der Waals surface area contributed by atoms with Gasteiger partial charge in [0, 0.05) is 18.3 Å². The molecule has 0 atom stereocenters. The molecule has 1 rings (SSSR count). The van der Waals surface area contributed by atoms with E-state index < -0.39 is 5.97 Å². The molecule has 0 unspecified atom stereocenters. The Hall–Kier alpha value is -1.10. The Kier molecular flexibility index (Phi) is 6.28. The van der Waals surface area contributed by atoms with E-state index in [0.717, 1.165) is 17.4 Å². The SMILES string of the molecule is CC(C)C(CNc1nc(CCC(=O)O)cs1)C(C)C. The number of hydrogen-bond acceptors (Lipinski definition) is 4. The van der Waals surface area contributed by atoms with Gasteiger partial charge in [0.05, 0.1) is 12.1 Å². The number of aromatic nitrogens is 1. The molecule has 2 N–H and O–H groups in total. The summed E-state index contributed by atoms with van der Waals surface area (Å²) in [5.74, 6) is 1.12. The second-order valence-electron chi connectivity index (χ2n) is 5.57. The monoisotopic (exact) mass is 284 g/mol. The van der Waals surface area contributed by atoms with E-state index >= 15 is 0 Å². The summed E-state index contributed by atoms with van der Waals surface area (Å²) in [6.07, 6.45) is 0.648. The van der Waals surface area contributed by atoms with E-state index in [1.807, 2.05) is 5.38 Å². The van der Waals surface area contributed by atoms with Crippen molar-refractivity contribution in [3.8, 4) is 0 Å². The van der Waals surface area contributed by atoms with Gasteiger partial charge in [0.15, 0.2) is 5.13 Å². The van der Waals surface area contributed by atoms with Crippen LogP contribution in [0.3, 0.4) is 0 Å². The molecular weight excluding hydrogens is 260 g/mol. The van der Waals surface area contributed by atoms with Crippen LogP contribution in [0.25, 0.3) is 0 Å². The van der Waals surface area contributed by atoms with Gasteiger partial charge in [0.2, 0.25) is 0 Å². The second-order valence-corrected chi connectivity index (χ2v) is 6.43. The van der Waals surface area contributed by atoms with Crippen molar-refractivity contribution in [2.45, 2.75) is 40.5 Å². The molecule has 1 aromatic rings. The van der Waals surface area contributed by atoms with Gasteiger partial charge < -0.3 is 10.4 Å². The summed E-state index contributed by atoms with van der Waals surface area (Å²) in [7, 11) is 0. The standard InChI is InChI=1S/C14H24N2O2S/c1-9(2)12(10(3)4)7-15-14-16-11(8-19-14)5-6-13(17)18/h8-10,12H,5-7H2,1-4H3,(H,15,16)(H,17,18). The van der Waals surface area contributed by atoms with Crippen LogP contribution in [-0.2, 0) is 11.2 Å². The molecule has 0 saturated carbocycles. The fraction of sp³-hybridized carbons (Fsp3) is 0.714. The van der Waals surface area contributed by atoms with Gasteiger partial charge in [-0.05, 0) is 17.8 Å². The molecule has 0 aliphatic rings. The first-order valence-electron chi connectivity index (χ1n) is 6.80. The largest absolute Gasteiger partial charge is 0.481 e. The lowest BCUT2D eigenvalue weighted by atomic mass is 9.86. The number of aryl methyl sites for hydroxylation is 1. The van der Waals surface area contributed by atoms with Crippen LogP contribution in [0.1, 0.15) is 39.8 Å². The molecule has 19 heavy (non-hydrogen) atoms. The topological polar surface area (TPSA) is 62.2 Å². The number of rotatable bonds is 8. The average molecular weight is 284 g/mol. The smallest absolute Gasteiger partial charge is 0.303 e. The number of aliphatic carboxylic acids is 1. The summed E-state index contributed by atoms with van der Waals surface area (Å²) in [6, 6.07) is 0. The highest BCUT2D eigenvalue weighted by atomic mass is 32.1. The molecule has 0 fully saturated rings. The lowest BCUT2D eigenvalue weighted by Gasteiger charge is -2.24. The summed E-state index contributed by atoms with van der Waals surface area (Å²) in [5.41, 5.74) is 0.862. The number of carboxylic acids is 1. The number of thiazole rings is 1. The van der Waals surface area contributed by atoms with Gasteiger partial charge in [0.1, 0.15) is 0 Å². The van der Waals surface area contributed by atoms with Gasteiger partial charge >= 0.3 is 5.97 Å². The highest BCUT2D eigenvalue weighted by Crippen LogP contribution is 2.23. The molecule has 1 heterocycles. The molecule has 0 saturated heterocycles. The van der Waals surface area contributed by atoms with Crippen molar-refractivity contribution < 1.29 is 9.90 Å². The molecular formula is C14H24N2O2S. The summed E-state index contributed by atoms with van der Waals surface area (Å²) in [6.45, 7) is 9.89. The van der Waals surface area contributed by atoms with E-state index in [1.165, 1.54) is 0 Å². The summed E-state index contributed by atoms with van der Waals surface area (Å²) in [4.78, 5) is 14.9. The molecule has 1 aromatic heterocycles. The number of nitrogens with zero attached hydrogens (tertiary/aromatic N) is 1. The predicted molar refractivity (Wildman–Crippen MR) is 79.7 cm³/mol. The molecule has 0 aromatic carbocycles. The number of anilines is 1. The van der Waals surface area contributed by atoms with Gasteiger partial charge in [-0.25, -0.2) is 4.98 Å². The molecule has 4 nitrogen and oxygen atoms in total. The minimum Gasteiger partial charge on any atom is -0.481 e. The maximum atomic E-state index is 10.5. The zero-order chi connectivity index (χ0) is 14.4. The number of carbonyl (C=O) groups is 1. The average Bonchev–Trinajstić information content (AvgIpc) is 2.73. The third-order valence-corrected chi connectivity index (χ3v) is 4.20. The van der Waals surface area contributed by atoms with Gasteiger partial charge in [-0.15, -0.1) is 11.3 Å². The highest BCUT2D eigenvalue weighted by Gasteiger charge is 2.17. The van der Waals surface area contributed by atoms with Crippen LogP contribution in [0.15, 0.2) is 5.38 Å². The van der Waals surface area contributed by atoms with Crippen molar-refractivity contribution >= 4 is 22.4 Å². The Balaban J connectivity index is 2.47. The summed E-state index contributed by atoms with van der Waals surface area (Å²) >= 11 is 1.55. The summed E-state index contributed by atoms with van der Waals surface area (Å²) in [5, 5.41) is 14.8. The van der Waals surface area contributed by atoms with Crippen LogP contribution >= 0.6 is 11.3 Å². The highest BCUT2D eigenvalue weighted by molar-refractivity contribution is 7.13. The van der Waals surface area contributed by atoms with Crippen molar-refractivity contribution in [3.05, 3.63) is 11.1 Å². The van der Waals surface area contributed by atoms with Gasteiger partial charge in [-0.3, -0.25) is 4.79 Å². The lowest BCUT2D eigenvalue weighted by molar-refractivity contribution is -0.136. The normalized spacial score (nSPS) is 11.5. The molecule has 0 amide bonds. The van der Waals surface area contributed by atoms with E-state index in [-0.39, 0.29) is 6.42 Å². The van der Waals surface area contributed by atoms with Gasteiger partial charge in [0.25, 0.3) is 0 Å². The first-order valence-corrected chi connectivity index (χ1v) is 7.68. The fourth-order valence-corrected chi connectivity index (χ4v) is 2.94. The zero-order valence-corrected chi connectivity index (χ0v) is 13.0. The van der Waals surface area contributed by atoms with E-state index in [1.54, 1.807) is 11.3 Å². The molecule has 0 aliphatic carbocycles. The van der Waals surface area contributed by atoms with Crippen LogP contribution in [0, 0.1) is 17.8 Å². The lowest BCUT2D eigenvalue weighted by Crippen LogP contribution is -2.24. The van der Waals surface area contributed by atoms with Gasteiger partial charge in [-0.1, -0.05) is 27.7 Å². The molecule has 5 heteroatoms. The van der Waals surface area contributed by atoms with E-state index in [0.29, 0.717) is 24.2 Å². The van der Waals surface area contributed by atoms with E-state index in [2.05, 4.69) is 38.0 Å². The Morgan fingerprint density at radius 2 is 2.00 bits per heavy atom. The third-order valence-electron chi connectivity index (χ3n) is 3.35. The Morgan fingerprint density at radius 3 is 2.53 bits per heavy atom. The number of nitrogens with one attached hydrogen (secondary N) is 1. The Morgan fingerprint density at radius 1 is 1.37 bits per heavy atom. The van der Waals surface area contributed by atoms with Crippen molar-refractivity contribution in [1.29, 1.82) is 0 Å². The number of carboxylic acid groups (broad SMARTS) is 1. The Labute approximate surface area is 119 Å². The first kappa shape index (κ1) is 16.0. The maximum Gasteiger partial charge on any atom is 0.303 e. The minimum atomic E-state index is -0.776. The third kappa shape index (κ3) is 5.59. The maximum absolute atomic E-state index is 10.5. The van der Waals surface area contributed by atoms with Crippen molar-refractivity contribution in [2.75, 3.05) is 11.9 Å². The van der Waals surface area contributed by atoms with Crippen LogP contribution < -0.4 is 5.32 Å². The number of hydrogen-bond donors (Lipinski definition) is 2. The molecule has 108 valence electrons. The van der Waals surface area contributed by atoms with E-state index in [4.69, 9.17) is 5.11 Å². The Bertz CT molecular complexity index is 394. The van der Waals surface area contributed by atoms with Crippen molar-refractivity contribution in [3.63, 3.8) is 0 Å².